The minimum atomic E-state index is -3.63. The van der Waals surface area contributed by atoms with Crippen molar-refractivity contribution in [2.24, 2.45) is 11.1 Å². The molecule has 1 unspecified atom stereocenters. The van der Waals surface area contributed by atoms with Crippen LogP contribution in [0, 0.1) is 5.92 Å². The van der Waals surface area contributed by atoms with E-state index in [2.05, 4.69) is 0 Å². The molecular formula is C13H24N2O5S. The van der Waals surface area contributed by atoms with Crippen LogP contribution in [-0.2, 0) is 24.3 Å². The molecule has 21 heavy (non-hydrogen) atoms. The highest BCUT2D eigenvalue weighted by molar-refractivity contribution is 7.89. The first-order valence-electron chi connectivity index (χ1n) is 6.95. The lowest BCUT2D eigenvalue weighted by molar-refractivity contribution is -0.163. The molecule has 0 aromatic heterocycles. The predicted octanol–water partition coefficient (Wildman–Crippen LogP) is 0.244. The molecule has 0 aromatic carbocycles. The first-order valence-corrected chi connectivity index (χ1v) is 8.67. The number of rotatable bonds is 5. The first-order chi connectivity index (χ1) is 9.43. The minimum Gasteiger partial charge on any atom is -0.458 e. The van der Waals surface area contributed by atoms with Gasteiger partial charge >= 0.3 is 5.97 Å². The van der Waals surface area contributed by atoms with Gasteiger partial charge in [0.05, 0.1) is 5.75 Å². The Morgan fingerprint density at radius 2 is 2.05 bits per heavy atom. The van der Waals surface area contributed by atoms with Crippen LogP contribution in [0.25, 0.3) is 0 Å². The van der Waals surface area contributed by atoms with E-state index in [-0.39, 0.29) is 30.5 Å². The summed E-state index contributed by atoms with van der Waals surface area (Å²) in [5.74, 6) is -1.32. The second-order valence-electron chi connectivity index (χ2n) is 6.40. The topological polar surface area (TPSA) is 107 Å². The third kappa shape index (κ3) is 5.62. The van der Waals surface area contributed by atoms with Crippen molar-refractivity contribution in [3.63, 3.8) is 0 Å². The van der Waals surface area contributed by atoms with E-state index in [0.29, 0.717) is 6.42 Å². The minimum absolute atomic E-state index is 0.0930. The lowest BCUT2D eigenvalue weighted by atomic mass is 10.1. The van der Waals surface area contributed by atoms with Crippen molar-refractivity contribution in [2.45, 2.75) is 52.2 Å². The van der Waals surface area contributed by atoms with Gasteiger partial charge in [-0.05, 0) is 27.2 Å². The number of nitrogens with zero attached hydrogens (tertiary/aromatic N) is 1. The highest BCUT2D eigenvalue weighted by Crippen LogP contribution is 2.24. The van der Waals surface area contributed by atoms with Crippen LogP contribution < -0.4 is 5.14 Å². The van der Waals surface area contributed by atoms with Gasteiger partial charge in [-0.15, -0.1) is 0 Å². The number of likely N-dealkylation sites (tertiary alicyclic amines) is 1. The molecule has 1 fully saturated rings. The van der Waals surface area contributed by atoms with Crippen molar-refractivity contribution in [3.05, 3.63) is 0 Å². The summed E-state index contributed by atoms with van der Waals surface area (Å²) in [5.41, 5.74) is -0.632. The molecular weight excluding hydrogens is 296 g/mol. The Morgan fingerprint density at radius 3 is 2.48 bits per heavy atom. The van der Waals surface area contributed by atoms with Gasteiger partial charge in [-0.2, -0.15) is 0 Å². The summed E-state index contributed by atoms with van der Waals surface area (Å²) in [7, 11) is -3.63. The monoisotopic (exact) mass is 320 g/mol. The van der Waals surface area contributed by atoms with Crippen LogP contribution in [0.1, 0.15) is 40.5 Å². The van der Waals surface area contributed by atoms with E-state index in [4.69, 9.17) is 9.88 Å². The number of carbonyl (C=O) groups excluding carboxylic acids is 2. The van der Waals surface area contributed by atoms with E-state index in [9.17, 15) is 18.0 Å². The number of amides is 1. The summed E-state index contributed by atoms with van der Waals surface area (Å²) in [6.07, 6.45) is 0.512. The molecule has 2 N–H and O–H groups in total. The molecule has 0 spiro atoms. The Bertz CT molecular complexity index is 509. The number of nitrogens with two attached hydrogens (primary N) is 1. The van der Waals surface area contributed by atoms with Crippen LogP contribution >= 0.6 is 0 Å². The number of esters is 1. The maximum Gasteiger partial charge on any atom is 0.329 e. The number of primary sulfonamides is 1. The van der Waals surface area contributed by atoms with E-state index in [1.54, 1.807) is 27.7 Å². The highest BCUT2D eigenvalue weighted by atomic mass is 32.2. The molecule has 0 radical (unpaired) electrons. The molecule has 1 aliphatic heterocycles. The number of hydrogen-bond acceptors (Lipinski definition) is 5. The van der Waals surface area contributed by atoms with Crippen molar-refractivity contribution in [1.82, 2.24) is 4.90 Å². The molecule has 1 heterocycles. The average Bonchev–Trinajstić information content (AvgIpc) is 2.55. The van der Waals surface area contributed by atoms with E-state index in [1.807, 2.05) is 0 Å². The van der Waals surface area contributed by atoms with Gasteiger partial charge in [-0.3, -0.25) is 4.79 Å². The van der Waals surface area contributed by atoms with Crippen LogP contribution in [0.5, 0.6) is 0 Å². The Balaban J connectivity index is 2.78. The fraction of sp³-hybridized carbons (Fsp3) is 0.846. The normalized spacial score (nSPS) is 21.5. The lowest BCUT2D eigenvalue weighted by Gasteiger charge is -2.29. The van der Waals surface area contributed by atoms with Crippen molar-refractivity contribution in [3.8, 4) is 0 Å². The fourth-order valence-corrected chi connectivity index (χ4v) is 3.31. The Hall–Kier alpha value is -1.15. The Kier molecular flexibility index (Phi) is 5.38. The van der Waals surface area contributed by atoms with Crippen molar-refractivity contribution >= 4 is 21.9 Å². The molecule has 2 atom stereocenters. The zero-order valence-electron chi connectivity index (χ0n) is 13.0. The van der Waals surface area contributed by atoms with Crippen molar-refractivity contribution in [1.29, 1.82) is 0 Å². The predicted molar refractivity (Wildman–Crippen MR) is 77.7 cm³/mol. The maximum atomic E-state index is 12.2. The van der Waals surface area contributed by atoms with E-state index >= 15 is 0 Å². The number of ether oxygens (including phenoxy) is 1. The summed E-state index contributed by atoms with van der Waals surface area (Å²) in [4.78, 5) is 25.6. The summed E-state index contributed by atoms with van der Waals surface area (Å²) in [5, 5.41) is 5.01. The molecule has 0 bridgehead atoms. The quantitative estimate of drug-likeness (QED) is 0.730. The van der Waals surface area contributed by atoms with Gasteiger partial charge in [0.1, 0.15) is 11.6 Å². The molecule has 1 rings (SSSR count). The van der Waals surface area contributed by atoms with Gasteiger partial charge in [-0.1, -0.05) is 6.92 Å². The van der Waals surface area contributed by atoms with Crippen molar-refractivity contribution in [2.75, 3.05) is 12.3 Å². The second-order valence-corrected chi connectivity index (χ2v) is 8.06. The van der Waals surface area contributed by atoms with Crippen LogP contribution in [0.15, 0.2) is 0 Å². The van der Waals surface area contributed by atoms with Gasteiger partial charge in [-0.25, -0.2) is 18.4 Å². The van der Waals surface area contributed by atoms with Gasteiger partial charge in [0.25, 0.3) is 0 Å². The zero-order chi connectivity index (χ0) is 16.4. The van der Waals surface area contributed by atoms with Crippen LogP contribution in [0.2, 0.25) is 0 Å². The van der Waals surface area contributed by atoms with E-state index in [0.717, 1.165) is 0 Å². The third-order valence-electron chi connectivity index (χ3n) is 3.15. The molecule has 1 saturated heterocycles. The zero-order valence-corrected chi connectivity index (χ0v) is 13.8. The summed E-state index contributed by atoms with van der Waals surface area (Å²) < 4.78 is 27.5. The molecule has 0 aromatic rings. The Morgan fingerprint density at radius 1 is 1.48 bits per heavy atom. The number of carbonyl (C=O) groups is 2. The number of hydrogen-bond donors (Lipinski definition) is 1. The third-order valence-corrected chi connectivity index (χ3v) is 4.08. The smallest absolute Gasteiger partial charge is 0.329 e. The van der Waals surface area contributed by atoms with Crippen LogP contribution in [0.4, 0.5) is 0 Å². The SMILES string of the molecule is CC[C@H](C(=O)OC(C)(C)C)N1CC(CS(N)(=O)=O)CC1=O. The maximum absolute atomic E-state index is 12.2. The largest absolute Gasteiger partial charge is 0.458 e. The van der Waals surface area contributed by atoms with Gasteiger partial charge in [0, 0.05) is 18.9 Å². The molecule has 0 aliphatic carbocycles. The van der Waals surface area contributed by atoms with Gasteiger partial charge in [0.15, 0.2) is 0 Å². The summed E-state index contributed by atoms with van der Waals surface area (Å²) >= 11 is 0. The van der Waals surface area contributed by atoms with Gasteiger partial charge in [0.2, 0.25) is 15.9 Å². The number of sulfonamides is 1. The lowest BCUT2D eigenvalue weighted by Crippen LogP contribution is -2.45. The van der Waals surface area contributed by atoms with Crippen molar-refractivity contribution < 1.29 is 22.7 Å². The molecule has 8 heteroatoms. The van der Waals surface area contributed by atoms with Gasteiger partial charge < -0.3 is 9.64 Å². The van der Waals surface area contributed by atoms with E-state index < -0.39 is 27.6 Å². The highest BCUT2D eigenvalue weighted by Gasteiger charge is 2.39. The summed E-state index contributed by atoms with van der Waals surface area (Å²) in [6, 6.07) is -0.679. The average molecular weight is 320 g/mol. The summed E-state index contributed by atoms with van der Waals surface area (Å²) in [6.45, 7) is 7.27. The van der Waals surface area contributed by atoms with E-state index in [1.165, 1.54) is 4.90 Å². The van der Waals surface area contributed by atoms with Crippen LogP contribution in [0.3, 0.4) is 0 Å². The van der Waals surface area contributed by atoms with Crippen LogP contribution in [-0.4, -0.2) is 49.1 Å². The molecule has 1 amide bonds. The molecule has 7 nitrogen and oxygen atoms in total. The first kappa shape index (κ1) is 17.9. The molecule has 122 valence electrons. The second kappa shape index (κ2) is 6.31. The molecule has 0 saturated carbocycles. The Labute approximate surface area is 125 Å². The fourth-order valence-electron chi connectivity index (χ4n) is 2.43. The molecule has 1 aliphatic rings. The standard InChI is InChI=1S/C13H24N2O5S/c1-5-10(12(17)20-13(2,3)4)15-7-9(6-11(15)16)8-21(14,18)19/h9-10H,5-8H2,1-4H3,(H2,14,18,19)/t9?,10-/m1/s1.